The number of hydrogen-bond donors (Lipinski definition) is 1. The van der Waals surface area contributed by atoms with Crippen molar-refractivity contribution in [3.05, 3.63) is 41.0 Å². The Hall–Kier alpha value is -2.34. The van der Waals surface area contributed by atoms with Gasteiger partial charge in [-0.3, -0.25) is 4.79 Å². The summed E-state index contributed by atoms with van der Waals surface area (Å²) in [6.07, 6.45) is 5.40. The Balaban J connectivity index is 1.94. The summed E-state index contributed by atoms with van der Waals surface area (Å²) < 4.78 is 0. The third-order valence-electron chi connectivity index (χ3n) is 5.12. The summed E-state index contributed by atoms with van der Waals surface area (Å²) in [6.45, 7) is 0. The maximum absolute atomic E-state index is 13.4. The van der Waals surface area contributed by atoms with Gasteiger partial charge in [-0.15, -0.1) is 0 Å². The van der Waals surface area contributed by atoms with Crippen molar-refractivity contribution in [3.8, 4) is 0 Å². The Kier molecular flexibility index (Phi) is 5.56. The first-order chi connectivity index (χ1) is 12.8. The van der Waals surface area contributed by atoms with Gasteiger partial charge in [-0.05, 0) is 30.5 Å². The molecule has 0 unspecified atom stereocenters. The van der Waals surface area contributed by atoms with E-state index in [9.17, 15) is 4.79 Å². The predicted molar refractivity (Wildman–Crippen MR) is 111 cm³/mol. The molecule has 1 aromatic heterocycles. The van der Waals surface area contributed by atoms with Crippen molar-refractivity contribution >= 4 is 35.0 Å². The number of halogens is 1. The van der Waals surface area contributed by atoms with Gasteiger partial charge in [0.1, 0.15) is 5.69 Å². The first-order valence-electron chi connectivity index (χ1n) is 9.13. The minimum atomic E-state index is -0.533. The Labute approximate surface area is 165 Å². The van der Waals surface area contributed by atoms with Crippen LogP contribution >= 0.6 is 11.6 Å². The van der Waals surface area contributed by atoms with Gasteiger partial charge in [-0.2, -0.15) is 4.98 Å². The van der Waals surface area contributed by atoms with Crippen LogP contribution in [0.15, 0.2) is 30.5 Å². The van der Waals surface area contributed by atoms with E-state index in [1.54, 1.807) is 6.20 Å². The van der Waals surface area contributed by atoms with Crippen LogP contribution in [-0.2, 0) is 10.2 Å². The van der Waals surface area contributed by atoms with Gasteiger partial charge in [0.15, 0.2) is 5.82 Å². The standard InChI is InChI=1S/C20H26ClN5O/c1-25(2)17-16(13-22-19(24-17)26(3)4)23-18(27)20(11-5-6-12-20)14-7-9-15(21)10-8-14/h7-10,13H,5-6,11-12H2,1-4H3,(H,23,27). The van der Waals surface area contributed by atoms with Crippen LogP contribution in [0.4, 0.5) is 17.5 Å². The molecule has 2 aromatic rings. The molecular weight excluding hydrogens is 362 g/mol. The summed E-state index contributed by atoms with van der Waals surface area (Å²) in [5.41, 5.74) is 1.10. The van der Waals surface area contributed by atoms with Crippen LogP contribution in [0, 0.1) is 0 Å². The summed E-state index contributed by atoms with van der Waals surface area (Å²) in [5.74, 6) is 1.28. The van der Waals surface area contributed by atoms with E-state index in [2.05, 4.69) is 15.3 Å². The molecule has 3 rings (SSSR count). The van der Waals surface area contributed by atoms with E-state index in [0.717, 1.165) is 31.2 Å². The fraction of sp³-hybridized carbons (Fsp3) is 0.450. The molecule has 27 heavy (non-hydrogen) atoms. The molecule has 1 amide bonds. The van der Waals surface area contributed by atoms with Crippen molar-refractivity contribution < 1.29 is 4.79 Å². The van der Waals surface area contributed by atoms with Crippen LogP contribution in [-0.4, -0.2) is 44.1 Å². The number of benzene rings is 1. The number of rotatable bonds is 5. The van der Waals surface area contributed by atoms with Gasteiger partial charge in [0.05, 0.1) is 11.6 Å². The molecule has 6 nitrogen and oxygen atoms in total. The molecule has 1 aliphatic carbocycles. The van der Waals surface area contributed by atoms with Crippen molar-refractivity contribution in [2.24, 2.45) is 0 Å². The lowest BCUT2D eigenvalue weighted by Gasteiger charge is -2.29. The van der Waals surface area contributed by atoms with Crippen LogP contribution in [0.3, 0.4) is 0 Å². The molecule has 1 aromatic carbocycles. The van der Waals surface area contributed by atoms with Gasteiger partial charge in [-0.25, -0.2) is 4.98 Å². The number of nitrogens with zero attached hydrogens (tertiary/aromatic N) is 4. The van der Waals surface area contributed by atoms with Gasteiger partial charge < -0.3 is 15.1 Å². The topological polar surface area (TPSA) is 61.4 Å². The molecule has 0 aliphatic heterocycles. The van der Waals surface area contributed by atoms with E-state index in [1.807, 2.05) is 62.3 Å². The van der Waals surface area contributed by atoms with E-state index >= 15 is 0 Å². The van der Waals surface area contributed by atoms with Crippen LogP contribution < -0.4 is 15.1 Å². The maximum atomic E-state index is 13.4. The average molecular weight is 388 g/mol. The third-order valence-corrected chi connectivity index (χ3v) is 5.37. The number of nitrogens with one attached hydrogen (secondary N) is 1. The average Bonchev–Trinajstić information content (AvgIpc) is 3.13. The van der Waals surface area contributed by atoms with Crippen molar-refractivity contribution in [3.63, 3.8) is 0 Å². The van der Waals surface area contributed by atoms with Crippen molar-refractivity contribution in [2.45, 2.75) is 31.1 Å². The van der Waals surface area contributed by atoms with Gasteiger partial charge in [-0.1, -0.05) is 36.6 Å². The lowest BCUT2D eigenvalue weighted by molar-refractivity contribution is -0.121. The molecule has 1 aliphatic rings. The lowest BCUT2D eigenvalue weighted by atomic mass is 9.78. The maximum Gasteiger partial charge on any atom is 0.235 e. The molecule has 0 saturated heterocycles. The zero-order chi connectivity index (χ0) is 19.6. The second-order valence-electron chi connectivity index (χ2n) is 7.45. The molecule has 1 fully saturated rings. The van der Waals surface area contributed by atoms with E-state index in [-0.39, 0.29) is 5.91 Å². The second-order valence-corrected chi connectivity index (χ2v) is 7.88. The first-order valence-corrected chi connectivity index (χ1v) is 9.50. The smallest absolute Gasteiger partial charge is 0.235 e. The molecule has 0 radical (unpaired) electrons. The largest absolute Gasteiger partial charge is 0.361 e. The number of carbonyl (C=O) groups excluding carboxylic acids is 1. The molecule has 0 bridgehead atoms. The van der Waals surface area contributed by atoms with Gasteiger partial charge in [0.2, 0.25) is 11.9 Å². The monoisotopic (exact) mass is 387 g/mol. The van der Waals surface area contributed by atoms with Crippen LogP contribution in [0.1, 0.15) is 31.2 Å². The van der Waals surface area contributed by atoms with Crippen LogP contribution in [0.5, 0.6) is 0 Å². The molecule has 1 heterocycles. The Morgan fingerprint density at radius 3 is 2.26 bits per heavy atom. The van der Waals surface area contributed by atoms with Gasteiger partial charge >= 0.3 is 0 Å². The minimum absolute atomic E-state index is 0.00775. The fourth-order valence-corrected chi connectivity index (χ4v) is 3.77. The van der Waals surface area contributed by atoms with Gasteiger partial charge in [0, 0.05) is 33.2 Å². The summed E-state index contributed by atoms with van der Waals surface area (Å²) >= 11 is 6.04. The zero-order valence-electron chi connectivity index (χ0n) is 16.3. The Bertz CT molecular complexity index is 814. The molecule has 7 heteroatoms. The molecule has 144 valence electrons. The van der Waals surface area contributed by atoms with Gasteiger partial charge in [0.25, 0.3) is 0 Å². The highest BCUT2D eigenvalue weighted by atomic mass is 35.5. The van der Waals surface area contributed by atoms with Crippen LogP contribution in [0.25, 0.3) is 0 Å². The Morgan fingerprint density at radius 2 is 1.70 bits per heavy atom. The molecule has 1 saturated carbocycles. The SMILES string of the molecule is CN(C)c1ncc(NC(=O)C2(c3ccc(Cl)cc3)CCCC2)c(N(C)C)n1. The van der Waals surface area contributed by atoms with E-state index in [4.69, 9.17) is 11.6 Å². The van der Waals surface area contributed by atoms with Crippen molar-refractivity contribution in [1.82, 2.24) is 9.97 Å². The number of amides is 1. The predicted octanol–water partition coefficient (Wildman–Crippen LogP) is 3.71. The van der Waals surface area contributed by atoms with Crippen molar-refractivity contribution in [2.75, 3.05) is 43.3 Å². The summed E-state index contributed by atoms with van der Waals surface area (Å²) in [7, 11) is 7.59. The Morgan fingerprint density at radius 1 is 1.07 bits per heavy atom. The highest BCUT2D eigenvalue weighted by Crippen LogP contribution is 2.42. The van der Waals surface area contributed by atoms with Crippen LogP contribution in [0.2, 0.25) is 5.02 Å². The fourth-order valence-electron chi connectivity index (χ4n) is 3.64. The lowest BCUT2D eigenvalue weighted by Crippen LogP contribution is -2.38. The first kappa shape index (κ1) is 19.4. The van der Waals surface area contributed by atoms with E-state index in [0.29, 0.717) is 22.5 Å². The second kappa shape index (κ2) is 7.72. The highest BCUT2D eigenvalue weighted by Gasteiger charge is 2.43. The molecule has 0 spiro atoms. The zero-order valence-corrected chi connectivity index (χ0v) is 17.0. The number of hydrogen-bond acceptors (Lipinski definition) is 5. The number of aromatic nitrogens is 2. The van der Waals surface area contributed by atoms with E-state index in [1.165, 1.54) is 0 Å². The molecule has 0 atom stereocenters. The quantitative estimate of drug-likeness (QED) is 0.847. The molecular formula is C20H26ClN5O. The number of carbonyl (C=O) groups is 1. The summed E-state index contributed by atoms with van der Waals surface area (Å²) in [4.78, 5) is 26.0. The van der Waals surface area contributed by atoms with Crippen molar-refractivity contribution in [1.29, 1.82) is 0 Å². The third kappa shape index (κ3) is 3.86. The summed E-state index contributed by atoms with van der Waals surface area (Å²) in [6, 6.07) is 7.63. The molecule has 1 N–H and O–H groups in total. The van der Waals surface area contributed by atoms with E-state index < -0.39 is 5.41 Å². The minimum Gasteiger partial charge on any atom is -0.361 e. The number of anilines is 3. The normalized spacial score (nSPS) is 15.4. The highest BCUT2D eigenvalue weighted by molar-refractivity contribution is 6.30. The summed E-state index contributed by atoms with van der Waals surface area (Å²) in [5, 5.41) is 3.77.